The number of ketones is 1. The lowest BCUT2D eigenvalue weighted by molar-refractivity contribution is -0.123. The summed E-state index contributed by atoms with van der Waals surface area (Å²) in [6.45, 7) is 0. The molecule has 0 aliphatic carbocycles. The Labute approximate surface area is 98.8 Å². The van der Waals surface area contributed by atoms with E-state index in [1.165, 1.54) is 0 Å². The highest BCUT2D eigenvalue weighted by molar-refractivity contribution is 5.94. The summed E-state index contributed by atoms with van der Waals surface area (Å²) in [6, 6.07) is 7.23. The molecule has 3 N–H and O–H groups in total. The van der Waals surface area contributed by atoms with E-state index in [2.05, 4.69) is 4.98 Å². The van der Waals surface area contributed by atoms with Crippen LogP contribution in [0.15, 0.2) is 30.5 Å². The Bertz CT molecular complexity index is 545. The topological polar surface area (TPSA) is 76.0 Å². The second kappa shape index (κ2) is 4.93. The number of aldehydes is 1. The molecule has 2 rings (SSSR count). The predicted molar refractivity (Wildman–Crippen MR) is 65.7 cm³/mol. The molecule has 4 nitrogen and oxygen atoms in total. The Balaban J connectivity index is 2.18. The maximum atomic E-state index is 11.4. The fourth-order valence-electron chi connectivity index (χ4n) is 1.88. The number of carbonyl (C=O) groups is 2. The minimum Gasteiger partial charge on any atom is -0.361 e. The van der Waals surface area contributed by atoms with E-state index in [1.807, 2.05) is 30.5 Å². The molecular formula is C13H14N2O2. The number of carbonyl (C=O) groups excluding carboxylic acids is 2. The quantitative estimate of drug-likeness (QED) is 0.598. The number of H-pyrrole nitrogens is 1. The van der Waals surface area contributed by atoms with Gasteiger partial charge in [0.25, 0.3) is 0 Å². The van der Waals surface area contributed by atoms with Crippen molar-refractivity contribution in [2.45, 2.75) is 18.9 Å². The number of nitrogens with one attached hydrogen (secondary N) is 1. The van der Waals surface area contributed by atoms with E-state index in [9.17, 15) is 9.59 Å². The SMILES string of the molecule is N[C@@H](Cc1c[nH]c2ccccc12)C(=O)CC=O. The highest BCUT2D eigenvalue weighted by Gasteiger charge is 2.15. The van der Waals surface area contributed by atoms with Gasteiger partial charge in [-0.2, -0.15) is 0 Å². The zero-order valence-electron chi connectivity index (χ0n) is 9.35. The first-order valence-electron chi connectivity index (χ1n) is 5.49. The minimum atomic E-state index is -0.612. The zero-order valence-corrected chi connectivity index (χ0v) is 9.35. The molecule has 88 valence electrons. The Morgan fingerprint density at radius 2 is 2.18 bits per heavy atom. The first-order chi connectivity index (χ1) is 8.22. The fourth-order valence-corrected chi connectivity index (χ4v) is 1.88. The number of nitrogens with two attached hydrogens (primary N) is 1. The number of aromatic amines is 1. The van der Waals surface area contributed by atoms with E-state index >= 15 is 0 Å². The van der Waals surface area contributed by atoms with E-state index in [4.69, 9.17) is 5.73 Å². The number of rotatable bonds is 5. The van der Waals surface area contributed by atoms with Crippen LogP contribution in [-0.2, 0) is 16.0 Å². The highest BCUT2D eigenvalue weighted by Crippen LogP contribution is 2.18. The number of hydrogen-bond donors (Lipinski definition) is 2. The molecule has 0 fully saturated rings. The second-order valence-corrected chi connectivity index (χ2v) is 4.01. The summed E-state index contributed by atoms with van der Waals surface area (Å²) in [5.41, 5.74) is 7.80. The molecule has 0 aliphatic heterocycles. The summed E-state index contributed by atoms with van der Waals surface area (Å²) in [7, 11) is 0. The van der Waals surface area contributed by atoms with Gasteiger partial charge in [0.1, 0.15) is 6.29 Å². The van der Waals surface area contributed by atoms with Gasteiger partial charge in [-0.3, -0.25) is 4.79 Å². The van der Waals surface area contributed by atoms with Crippen molar-refractivity contribution in [1.82, 2.24) is 4.98 Å². The zero-order chi connectivity index (χ0) is 12.3. The third-order valence-electron chi connectivity index (χ3n) is 2.81. The monoisotopic (exact) mass is 230 g/mol. The summed E-state index contributed by atoms with van der Waals surface area (Å²) < 4.78 is 0. The molecule has 0 bridgehead atoms. The molecule has 0 unspecified atom stereocenters. The maximum absolute atomic E-state index is 11.4. The number of Topliss-reactive ketones (excluding diaryl/α,β-unsaturated/α-hetero) is 1. The van der Waals surface area contributed by atoms with E-state index in [1.54, 1.807) is 0 Å². The molecular weight excluding hydrogens is 216 g/mol. The summed E-state index contributed by atoms with van der Waals surface area (Å²) in [5.74, 6) is -0.217. The average Bonchev–Trinajstić information content (AvgIpc) is 2.73. The van der Waals surface area contributed by atoms with Crippen molar-refractivity contribution in [3.05, 3.63) is 36.0 Å². The number of aromatic nitrogens is 1. The van der Waals surface area contributed by atoms with Gasteiger partial charge in [0.15, 0.2) is 5.78 Å². The van der Waals surface area contributed by atoms with Crippen LogP contribution in [0.1, 0.15) is 12.0 Å². The van der Waals surface area contributed by atoms with Crippen LogP contribution in [0.5, 0.6) is 0 Å². The second-order valence-electron chi connectivity index (χ2n) is 4.01. The lowest BCUT2D eigenvalue weighted by Gasteiger charge is -2.07. The smallest absolute Gasteiger partial charge is 0.156 e. The molecule has 0 spiro atoms. The van der Waals surface area contributed by atoms with Crippen LogP contribution in [0, 0.1) is 0 Å². The normalized spacial score (nSPS) is 12.5. The van der Waals surface area contributed by atoms with Gasteiger partial charge >= 0.3 is 0 Å². The Kier molecular flexibility index (Phi) is 3.35. The molecule has 17 heavy (non-hydrogen) atoms. The third kappa shape index (κ3) is 2.42. The van der Waals surface area contributed by atoms with E-state index in [0.29, 0.717) is 12.7 Å². The van der Waals surface area contributed by atoms with Gasteiger partial charge in [0.05, 0.1) is 12.5 Å². The van der Waals surface area contributed by atoms with Crippen molar-refractivity contribution in [3.63, 3.8) is 0 Å². The van der Waals surface area contributed by atoms with Crippen LogP contribution in [-0.4, -0.2) is 23.1 Å². The molecule has 0 saturated heterocycles. The largest absolute Gasteiger partial charge is 0.361 e. The minimum absolute atomic E-state index is 0.108. The van der Waals surface area contributed by atoms with Gasteiger partial charge in [-0.1, -0.05) is 18.2 Å². The fraction of sp³-hybridized carbons (Fsp3) is 0.231. The molecule has 0 radical (unpaired) electrons. The molecule has 4 heteroatoms. The number of fused-ring (bicyclic) bond motifs is 1. The Hall–Kier alpha value is -1.94. The van der Waals surface area contributed by atoms with Crippen molar-refractivity contribution in [2.75, 3.05) is 0 Å². The summed E-state index contributed by atoms with van der Waals surface area (Å²) >= 11 is 0. The van der Waals surface area contributed by atoms with E-state index < -0.39 is 6.04 Å². The first kappa shape index (κ1) is 11.5. The van der Waals surface area contributed by atoms with Gasteiger partial charge in [-0.05, 0) is 18.1 Å². The summed E-state index contributed by atoms with van der Waals surface area (Å²) in [6.07, 6.45) is 2.80. The van der Waals surface area contributed by atoms with Crippen LogP contribution in [0.3, 0.4) is 0 Å². The number of hydrogen-bond acceptors (Lipinski definition) is 3. The lowest BCUT2D eigenvalue weighted by Crippen LogP contribution is -2.32. The van der Waals surface area contributed by atoms with E-state index in [-0.39, 0.29) is 12.2 Å². The average molecular weight is 230 g/mol. The van der Waals surface area contributed by atoms with Gasteiger partial charge in [-0.25, -0.2) is 0 Å². The van der Waals surface area contributed by atoms with Gasteiger partial charge < -0.3 is 15.5 Å². The standard InChI is InChI=1S/C13H14N2O2/c14-11(13(17)5-6-16)7-9-8-15-12-4-2-1-3-10(9)12/h1-4,6,8,11,15H,5,7,14H2/t11-/m0/s1. The van der Waals surface area contributed by atoms with Gasteiger partial charge in [0, 0.05) is 17.1 Å². The summed E-state index contributed by atoms with van der Waals surface area (Å²) in [4.78, 5) is 24.8. The van der Waals surface area contributed by atoms with Crippen molar-refractivity contribution in [3.8, 4) is 0 Å². The van der Waals surface area contributed by atoms with Crippen LogP contribution >= 0.6 is 0 Å². The molecule has 0 aliphatic rings. The van der Waals surface area contributed by atoms with Crippen LogP contribution in [0.2, 0.25) is 0 Å². The number of benzene rings is 1. The van der Waals surface area contributed by atoms with Gasteiger partial charge in [0.2, 0.25) is 0 Å². The molecule has 0 saturated carbocycles. The lowest BCUT2D eigenvalue weighted by atomic mass is 10.0. The Morgan fingerprint density at radius 1 is 1.41 bits per heavy atom. The maximum Gasteiger partial charge on any atom is 0.156 e. The van der Waals surface area contributed by atoms with Crippen LogP contribution in [0.25, 0.3) is 10.9 Å². The third-order valence-corrected chi connectivity index (χ3v) is 2.81. The molecule has 2 aromatic rings. The van der Waals surface area contributed by atoms with E-state index in [0.717, 1.165) is 16.5 Å². The predicted octanol–water partition coefficient (Wildman–Crippen LogP) is 1.20. The number of para-hydroxylation sites is 1. The van der Waals surface area contributed by atoms with Gasteiger partial charge in [-0.15, -0.1) is 0 Å². The van der Waals surface area contributed by atoms with Crippen molar-refractivity contribution in [2.24, 2.45) is 5.73 Å². The van der Waals surface area contributed by atoms with Crippen molar-refractivity contribution < 1.29 is 9.59 Å². The molecule has 1 atom stereocenters. The summed E-state index contributed by atoms with van der Waals surface area (Å²) in [5, 5.41) is 1.07. The highest BCUT2D eigenvalue weighted by atomic mass is 16.1. The molecule has 0 amide bonds. The molecule has 1 aromatic carbocycles. The van der Waals surface area contributed by atoms with Crippen LogP contribution < -0.4 is 5.73 Å². The first-order valence-corrected chi connectivity index (χ1v) is 5.49. The Morgan fingerprint density at radius 3 is 2.94 bits per heavy atom. The van der Waals surface area contributed by atoms with Crippen LogP contribution in [0.4, 0.5) is 0 Å². The molecule has 1 aromatic heterocycles. The molecule has 1 heterocycles. The van der Waals surface area contributed by atoms with Crippen molar-refractivity contribution >= 4 is 23.0 Å². The van der Waals surface area contributed by atoms with Crippen molar-refractivity contribution in [1.29, 1.82) is 0 Å².